The van der Waals surface area contributed by atoms with Crippen molar-refractivity contribution in [2.75, 3.05) is 0 Å². The van der Waals surface area contributed by atoms with E-state index in [1.807, 2.05) is 0 Å². The van der Waals surface area contributed by atoms with E-state index in [4.69, 9.17) is 4.21 Å². The third kappa shape index (κ3) is 5.73. The first-order valence-electron chi connectivity index (χ1n) is 18.4. The average Bonchev–Trinajstić information content (AvgIpc) is 3.60. The van der Waals surface area contributed by atoms with Crippen molar-refractivity contribution in [3.63, 3.8) is 0 Å². The number of rotatable bonds is 6. The number of benzene rings is 2. The summed E-state index contributed by atoms with van der Waals surface area (Å²) >= 11 is -4.05. The van der Waals surface area contributed by atoms with Crippen molar-refractivity contribution >= 4 is 4.21 Å². The number of fused-ring (bicyclic) bond motifs is 3. The summed E-state index contributed by atoms with van der Waals surface area (Å²) in [5.41, 5.74) is 12.7. The van der Waals surface area contributed by atoms with Crippen LogP contribution in [-0.4, -0.2) is 4.21 Å². The molecule has 2 aromatic rings. The summed E-state index contributed by atoms with van der Waals surface area (Å²) < 4.78 is 9.92. The number of aryl methyl sites for hydroxylation is 2. The van der Waals surface area contributed by atoms with Gasteiger partial charge >= 0.3 is 273 Å². The monoisotopic (exact) mass is 668 g/mol. The second-order valence-corrected chi connectivity index (χ2v) is 33.9. The fourth-order valence-electron chi connectivity index (χ4n) is 11.0. The van der Waals surface area contributed by atoms with Crippen LogP contribution in [0.4, 0.5) is 0 Å². The number of hydrogen-bond acceptors (Lipinski definition) is 0. The molecular weight excluding hydrogens is 608 g/mol. The second-order valence-electron chi connectivity index (χ2n) is 18.3. The van der Waals surface area contributed by atoms with Gasteiger partial charge in [0, 0.05) is 0 Å². The van der Waals surface area contributed by atoms with Crippen LogP contribution in [0.25, 0.3) is 11.1 Å². The zero-order chi connectivity index (χ0) is 31.5. The Morgan fingerprint density at radius 2 is 1.00 bits per heavy atom. The number of allylic oxidation sites excluding steroid dienone is 4. The molecule has 238 valence electrons. The van der Waals surface area contributed by atoms with Gasteiger partial charge in [-0.2, -0.15) is 0 Å². The molecule has 6 rings (SSSR count). The van der Waals surface area contributed by atoms with Gasteiger partial charge in [0.15, 0.2) is 0 Å². The minimum absolute atomic E-state index is 0.124. The Labute approximate surface area is 271 Å². The Bertz CT molecular complexity index is 1410. The third-order valence-electron chi connectivity index (χ3n) is 12.8. The van der Waals surface area contributed by atoms with E-state index in [2.05, 4.69) is 104 Å². The van der Waals surface area contributed by atoms with Crippen LogP contribution in [0.3, 0.4) is 0 Å². The van der Waals surface area contributed by atoms with Gasteiger partial charge in [0.2, 0.25) is 0 Å². The molecule has 0 radical (unpaired) electrons. The molecule has 0 unspecified atom stereocenters. The molecule has 0 amide bonds. The molecule has 0 bridgehead atoms. The van der Waals surface area contributed by atoms with E-state index in [-0.39, 0.29) is 10.8 Å². The van der Waals surface area contributed by atoms with Gasteiger partial charge in [0.25, 0.3) is 0 Å². The summed E-state index contributed by atoms with van der Waals surface area (Å²) in [4.78, 5) is 0. The topological polar surface area (TPSA) is 0 Å². The summed E-state index contributed by atoms with van der Waals surface area (Å²) in [6, 6.07) is 10.7. The van der Waals surface area contributed by atoms with Crippen molar-refractivity contribution in [1.82, 2.24) is 0 Å². The van der Waals surface area contributed by atoms with E-state index >= 15 is 0 Å². The first kappa shape index (κ1) is 32.6. The SMILES string of the molecule is [CH2]=[Zr]([CH2]C1CCCCC1)([CH2]C1CCCCC1)([CH]1C=CC=C1)[CH]1c2cc(C)c(C(C)(C)C)cc2-c2cc(C(C)(C)C)c(C)cc21. The standard InChI is InChI=1S/C23H29.2C7H13.C5H5.CH2.Zr/c1-14-9-16-11-17-10-15(2)21(23(6,7)8)13-19(17)18(16)12-20(14)22(3,4)5;2*1-7-5-3-2-4-6-7;1-2-4-5-3-1;;/h9-13H,1-8H3;2*7H,1-6H2;1-5H;1H2;. The average molecular weight is 670 g/mol. The first-order chi connectivity index (χ1) is 20.7. The Balaban J connectivity index is 1.67. The summed E-state index contributed by atoms with van der Waals surface area (Å²) in [6.07, 6.45) is 24.4. The predicted octanol–water partition coefficient (Wildman–Crippen LogP) is 13.0. The molecule has 4 aliphatic rings. The van der Waals surface area contributed by atoms with Gasteiger partial charge < -0.3 is 0 Å². The van der Waals surface area contributed by atoms with Crippen molar-refractivity contribution in [2.24, 2.45) is 11.8 Å². The van der Waals surface area contributed by atoms with Gasteiger partial charge in [0.05, 0.1) is 0 Å². The summed E-state index contributed by atoms with van der Waals surface area (Å²) in [5, 5.41) is 0. The van der Waals surface area contributed by atoms with E-state index in [9.17, 15) is 0 Å². The molecule has 0 nitrogen and oxygen atoms in total. The fourth-order valence-corrected chi connectivity index (χ4v) is 32.6. The molecule has 0 spiro atoms. The van der Waals surface area contributed by atoms with Crippen molar-refractivity contribution in [3.05, 3.63) is 82.0 Å². The van der Waals surface area contributed by atoms with Gasteiger partial charge in [-0.05, 0) is 0 Å². The van der Waals surface area contributed by atoms with Crippen LogP contribution in [0.1, 0.15) is 143 Å². The number of hydrogen-bond donors (Lipinski definition) is 0. The van der Waals surface area contributed by atoms with Gasteiger partial charge in [0.1, 0.15) is 0 Å². The normalized spacial score (nSPS) is 20.8. The van der Waals surface area contributed by atoms with Crippen LogP contribution in [0, 0.1) is 25.7 Å². The molecule has 44 heavy (non-hydrogen) atoms. The molecule has 2 saturated carbocycles. The van der Waals surface area contributed by atoms with Crippen LogP contribution < -0.4 is 0 Å². The van der Waals surface area contributed by atoms with Crippen molar-refractivity contribution < 1.29 is 18.3 Å². The van der Waals surface area contributed by atoms with Gasteiger partial charge in [-0.3, -0.25) is 0 Å². The molecule has 4 aliphatic carbocycles. The molecule has 0 saturated heterocycles. The first-order valence-corrected chi connectivity index (χ1v) is 26.4. The van der Waals surface area contributed by atoms with Crippen LogP contribution in [0.2, 0.25) is 11.9 Å². The summed E-state index contributed by atoms with van der Waals surface area (Å²) in [6.45, 7) is 19.2. The molecule has 2 aromatic carbocycles. The molecule has 0 N–H and O–H groups in total. The van der Waals surface area contributed by atoms with Crippen molar-refractivity contribution in [3.8, 4) is 11.1 Å². The third-order valence-corrected chi connectivity index (χ3v) is 31.5. The van der Waals surface area contributed by atoms with Gasteiger partial charge in [-0.1, -0.05) is 0 Å². The molecule has 0 heterocycles. The fraction of sp³-hybridized carbons (Fsp3) is 0.605. The summed E-state index contributed by atoms with van der Waals surface area (Å²) in [7, 11) is 0. The van der Waals surface area contributed by atoms with Crippen LogP contribution in [0.5, 0.6) is 0 Å². The summed E-state index contributed by atoms with van der Waals surface area (Å²) in [5.74, 6) is 1.71. The van der Waals surface area contributed by atoms with Gasteiger partial charge in [-0.25, -0.2) is 0 Å². The van der Waals surface area contributed by atoms with Crippen molar-refractivity contribution in [1.29, 1.82) is 0 Å². The molecule has 0 aromatic heterocycles. The zero-order valence-electron chi connectivity index (χ0n) is 29.6. The van der Waals surface area contributed by atoms with E-state index in [0.29, 0.717) is 7.25 Å². The van der Waals surface area contributed by atoms with Crippen LogP contribution in [-0.2, 0) is 29.1 Å². The molecule has 0 atom stereocenters. The van der Waals surface area contributed by atoms with Crippen molar-refractivity contribution in [2.45, 2.75) is 146 Å². The maximum absolute atomic E-state index is 5.96. The molecule has 2 fully saturated rings. The molecule has 1 heteroatoms. The minimum atomic E-state index is -4.05. The zero-order valence-corrected chi connectivity index (χ0v) is 32.1. The van der Waals surface area contributed by atoms with Crippen LogP contribution in [0.15, 0.2) is 48.6 Å². The second kappa shape index (κ2) is 11.7. The van der Waals surface area contributed by atoms with E-state index < -0.39 is 18.3 Å². The quantitative estimate of drug-likeness (QED) is 0.287. The Kier molecular flexibility index (Phi) is 8.69. The van der Waals surface area contributed by atoms with Gasteiger partial charge in [-0.15, -0.1) is 0 Å². The Morgan fingerprint density at radius 1 is 0.614 bits per heavy atom. The van der Waals surface area contributed by atoms with E-state index in [1.165, 1.54) is 94.7 Å². The predicted molar refractivity (Wildman–Crippen MR) is 193 cm³/mol. The molecular formula is C43H62Zr. The Hall–Kier alpha value is -1.33. The van der Waals surface area contributed by atoms with Crippen LogP contribution >= 0.6 is 0 Å². The Morgan fingerprint density at radius 3 is 1.36 bits per heavy atom. The molecule has 0 aliphatic heterocycles. The maximum atomic E-state index is 5.96. The van der Waals surface area contributed by atoms with E-state index in [1.54, 1.807) is 22.3 Å². The van der Waals surface area contributed by atoms with E-state index in [0.717, 1.165) is 11.8 Å².